The molecule has 79 heavy (non-hydrogen) atoms. The van der Waals surface area contributed by atoms with Crippen LogP contribution in [0.5, 0.6) is 0 Å². The molecule has 0 aromatic rings. The molecule has 1 unspecified atom stereocenters. The summed E-state index contributed by atoms with van der Waals surface area (Å²) >= 11 is 0. The molecule has 0 aromatic heterocycles. The van der Waals surface area contributed by atoms with Crippen LogP contribution in [-0.4, -0.2) is 37.2 Å². The Morgan fingerprint density at radius 2 is 0.506 bits per heavy atom. The first kappa shape index (κ1) is 75.1. The number of allylic oxidation sites excluding steroid dienone is 18. The van der Waals surface area contributed by atoms with Gasteiger partial charge in [-0.1, -0.05) is 304 Å². The summed E-state index contributed by atoms with van der Waals surface area (Å²) in [7, 11) is 0. The number of carbonyl (C=O) groups excluding carboxylic acids is 3. The number of carbonyl (C=O) groups is 3. The normalized spacial score (nSPS) is 12.8. The van der Waals surface area contributed by atoms with Gasteiger partial charge in [0.2, 0.25) is 0 Å². The van der Waals surface area contributed by atoms with Gasteiger partial charge in [-0.3, -0.25) is 14.4 Å². The Bertz CT molecular complexity index is 1590. The van der Waals surface area contributed by atoms with Gasteiger partial charge in [0.05, 0.1) is 0 Å². The van der Waals surface area contributed by atoms with Crippen LogP contribution in [0.15, 0.2) is 109 Å². The van der Waals surface area contributed by atoms with E-state index in [4.69, 9.17) is 14.2 Å². The number of esters is 3. The van der Waals surface area contributed by atoms with Gasteiger partial charge in [-0.2, -0.15) is 0 Å². The highest BCUT2D eigenvalue weighted by Gasteiger charge is 2.19. The third-order valence-corrected chi connectivity index (χ3v) is 14.3. The van der Waals surface area contributed by atoms with Crippen molar-refractivity contribution >= 4 is 17.9 Å². The third kappa shape index (κ3) is 64.8. The van der Waals surface area contributed by atoms with Gasteiger partial charge in [-0.25, -0.2) is 0 Å². The molecule has 0 spiro atoms. The van der Waals surface area contributed by atoms with Gasteiger partial charge in [0.1, 0.15) is 13.2 Å². The third-order valence-electron chi connectivity index (χ3n) is 14.3. The molecule has 0 aliphatic carbocycles. The molecule has 0 saturated heterocycles. The van der Waals surface area contributed by atoms with Gasteiger partial charge < -0.3 is 14.2 Å². The zero-order chi connectivity index (χ0) is 57.1. The van der Waals surface area contributed by atoms with Gasteiger partial charge in [-0.05, 0) is 103 Å². The summed E-state index contributed by atoms with van der Waals surface area (Å²) < 4.78 is 16.9. The maximum Gasteiger partial charge on any atom is 0.306 e. The summed E-state index contributed by atoms with van der Waals surface area (Å²) in [6.07, 6.45) is 91.0. The van der Waals surface area contributed by atoms with Crippen molar-refractivity contribution in [3.8, 4) is 0 Å². The van der Waals surface area contributed by atoms with Crippen molar-refractivity contribution in [2.24, 2.45) is 0 Å². The maximum atomic E-state index is 12.9. The second-order valence-electron chi connectivity index (χ2n) is 22.0. The standard InChI is InChI=1S/C73H124O6/c1-4-7-10-13-16-19-22-25-28-29-30-31-32-33-34-35-36-37-38-39-40-41-42-43-44-45-46-49-51-54-57-60-63-66-72(75)78-69-70(79-73(76)67-64-61-58-55-52-48-27-24-21-18-15-12-9-6-3)68-77-71(74)65-62-59-56-53-50-47-26-23-20-17-14-11-8-5-2/h7,10,15-16,18-19,24-25,27-28,30-31,33-34,36-37,39-40,70H,4-6,8-9,11-14,17,20-23,26,29,32,35,38,41-69H2,1-3H3/b10-7-,18-15-,19-16-,27-24-,28-25-,31-30-,34-33-,37-36-,40-39-. The zero-order valence-corrected chi connectivity index (χ0v) is 51.9. The molecule has 452 valence electrons. The molecule has 0 saturated carbocycles. The van der Waals surface area contributed by atoms with E-state index in [1.165, 1.54) is 148 Å². The number of unbranched alkanes of at least 4 members (excludes halogenated alkanes) is 31. The largest absolute Gasteiger partial charge is 0.462 e. The molecule has 1 atom stereocenters. The molecule has 0 radical (unpaired) electrons. The van der Waals surface area contributed by atoms with E-state index in [1.54, 1.807) is 0 Å². The average molecular weight is 1100 g/mol. The van der Waals surface area contributed by atoms with E-state index in [2.05, 4.69) is 130 Å². The minimum atomic E-state index is -0.786. The second-order valence-corrected chi connectivity index (χ2v) is 22.0. The molecule has 0 fully saturated rings. The Morgan fingerprint density at radius 3 is 0.810 bits per heavy atom. The molecular weight excluding hydrogens is 973 g/mol. The highest BCUT2D eigenvalue weighted by Crippen LogP contribution is 2.16. The van der Waals surface area contributed by atoms with Gasteiger partial charge in [-0.15, -0.1) is 0 Å². The number of ether oxygens (including phenoxy) is 3. The van der Waals surface area contributed by atoms with Crippen molar-refractivity contribution in [2.45, 2.75) is 322 Å². The van der Waals surface area contributed by atoms with Crippen LogP contribution >= 0.6 is 0 Å². The summed E-state index contributed by atoms with van der Waals surface area (Å²) in [5, 5.41) is 0. The molecule has 0 bridgehead atoms. The molecule has 6 nitrogen and oxygen atoms in total. The molecule has 0 aromatic carbocycles. The summed E-state index contributed by atoms with van der Waals surface area (Å²) in [5.74, 6) is -0.888. The van der Waals surface area contributed by atoms with E-state index in [0.29, 0.717) is 19.3 Å². The summed E-state index contributed by atoms with van der Waals surface area (Å²) in [6.45, 7) is 6.50. The van der Waals surface area contributed by atoms with E-state index >= 15 is 0 Å². The number of rotatable bonds is 60. The molecule has 0 amide bonds. The number of hydrogen-bond acceptors (Lipinski definition) is 6. The Balaban J connectivity index is 4.22. The fourth-order valence-corrected chi connectivity index (χ4v) is 9.26. The van der Waals surface area contributed by atoms with Crippen LogP contribution in [-0.2, 0) is 28.6 Å². The Kier molecular flexibility index (Phi) is 63.3. The van der Waals surface area contributed by atoms with Crippen molar-refractivity contribution < 1.29 is 28.6 Å². The molecule has 0 rings (SSSR count). The first-order chi connectivity index (χ1) is 39.0. The van der Waals surface area contributed by atoms with E-state index in [1.807, 2.05) is 0 Å². The lowest BCUT2D eigenvalue weighted by molar-refractivity contribution is -0.167. The molecule has 0 heterocycles. The number of hydrogen-bond donors (Lipinski definition) is 0. The quantitative estimate of drug-likeness (QED) is 0.0261. The van der Waals surface area contributed by atoms with Gasteiger partial charge in [0, 0.05) is 19.3 Å². The van der Waals surface area contributed by atoms with Crippen LogP contribution in [0.3, 0.4) is 0 Å². The minimum Gasteiger partial charge on any atom is -0.462 e. The van der Waals surface area contributed by atoms with Crippen LogP contribution < -0.4 is 0 Å². The lowest BCUT2D eigenvalue weighted by Crippen LogP contribution is -2.30. The molecule has 0 aliphatic heterocycles. The van der Waals surface area contributed by atoms with Crippen molar-refractivity contribution in [1.82, 2.24) is 0 Å². The lowest BCUT2D eigenvalue weighted by atomic mass is 10.0. The lowest BCUT2D eigenvalue weighted by Gasteiger charge is -2.18. The highest BCUT2D eigenvalue weighted by atomic mass is 16.6. The van der Waals surface area contributed by atoms with Crippen LogP contribution in [0.25, 0.3) is 0 Å². The zero-order valence-electron chi connectivity index (χ0n) is 51.9. The summed E-state index contributed by atoms with van der Waals surface area (Å²) in [5.41, 5.74) is 0. The van der Waals surface area contributed by atoms with E-state index < -0.39 is 6.10 Å². The Morgan fingerprint density at radius 1 is 0.266 bits per heavy atom. The maximum absolute atomic E-state index is 12.9. The SMILES string of the molecule is CC/C=C\C/C=C\C/C=C\C/C=C\C/C=C\C/C=C\C/C=C\CCCCCCCCCCCCCC(=O)OCC(COC(=O)CCCCCCCCCCCCCCCC)OC(=O)CCCCCCC/C=C\C/C=C\CCCC. The Hall–Kier alpha value is -3.93. The average Bonchev–Trinajstić information content (AvgIpc) is 3.45. The van der Waals surface area contributed by atoms with Crippen LogP contribution in [0, 0.1) is 0 Å². The Labute approximate surface area is 489 Å². The minimum absolute atomic E-state index is 0.0812. The van der Waals surface area contributed by atoms with E-state index in [0.717, 1.165) is 128 Å². The van der Waals surface area contributed by atoms with E-state index in [9.17, 15) is 14.4 Å². The van der Waals surface area contributed by atoms with Crippen molar-refractivity contribution in [1.29, 1.82) is 0 Å². The predicted octanol–water partition coefficient (Wildman–Crippen LogP) is 23.0. The highest BCUT2D eigenvalue weighted by molar-refractivity contribution is 5.71. The predicted molar refractivity (Wildman–Crippen MR) is 343 cm³/mol. The smallest absolute Gasteiger partial charge is 0.306 e. The topological polar surface area (TPSA) is 78.9 Å². The fraction of sp³-hybridized carbons (Fsp3) is 0.712. The second kappa shape index (κ2) is 66.6. The monoisotopic (exact) mass is 1100 g/mol. The van der Waals surface area contributed by atoms with Gasteiger partial charge >= 0.3 is 17.9 Å². The molecule has 0 aliphatic rings. The van der Waals surface area contributed by atoms with Crippen molar-refractivity contribution in [3.05, 3.63) is 109 Å². The van der Waals surface area contributed by atoms with Crippen molar-refractivity contribution in [3.63, 3.8) is 0 Å². The molecule has 0 N–H and O–H groups in total. The van der Waals surface area contributed by atoms with Crippen molar-refractivity contribution in [2.75, 3.05) is 13.2 Å². The summed E-state index contributed by atoms with van der Waals surface area (Å²) in [6, 6.07) is 0. The molecule has 6 heteroatoms. The van der Waals surface area contributed by atoms with Crippen LogP contribution in [0.1, 0.15) is 316 Å². The molecular formula is C73H124O6. The fourth-order valence-electron chi connectivity index (χ4n) is 9.26. The first-order valence-electron chi connectivity index (χ1n) is 33.4. The van der Waals surface area contributed by atoms with Crippen LogP contribution in [0.2, 0.25) is 0 Å². The van der Waals surface area contributed by atoms with Gasteiger partial charge in [0.25, 0.3) is 0 Å². The van der Waals surface area contributed by atoms with E-state index in [-0.39, 0.29) is 31.1 Å². The van der Waals surface area contributed by atoms with Crippen LogP contribution in [0.4, 0.5) is 0 Å². The summed E-state index contributed by atoms with van der Waals surface area (Å²) in [4.78, 5) is 38.3. The first-order valence-corrected chi connectivity index (χ1v) is 33.4. The van der Waals surface area contributed by atoms with Gasteiger partial charge in [0.15, 0.2) is 6.10 Å².